The molecule has 2 N–H and O–H groups in total. The lowest BCUT2D eigenvalue weighted by Gasteiger charge is -2.34. The molecule has 0 aromatic heterocycles. The van der Waals surface area contributed by atoms with Crippen molar-refractivity contribution in [1.29, 1.82) is 0 Å². The van der Waals surface area contributed by atoms with E-state index in [2.05, 4.69) is 5.32 Å². The van der Waals surface area contributed by atoms with Gasteiger partial charge in [0.2, 0.25) is 0 Å². The van der Waals surface area contributed by atoms with Crippen LogP contribution in [0.2, 0.25) is 5.02 Å². The first kappa shape index (κ1) is 14.2. The maximum absolute atomic E-state index is 11.7. The molecule has 1 fully saturated rings. The molecule has 0 saturated carbocycles. The molecule has 1 aromatic carbocycles. The molecule has 0 amide bonds. The average Bonchev–Trinajstić information content (AvgIpc) is 2.40. The number of aliphatic carboxylic acids is 1. The number of piperidine rings is 1. The van der Waals surface area contributed by atoms with Crippen molar-refractivity contribution in [3.05, 3.63) is 28.8 Å². The fourth-order valence-electron chi connectivity index (χ4n) is 2.62. The summed E-state index contributed by atoms with van der Waals surface area (Å²) >= 11 is 6.00. The number of hydrogen-bond acceptors (Lipinski definition) is 3. The highest BCUT2D eigenvalue weighted by Crippen LogP contribution is 2.36. The second-order valence-corrected chi connectivity index (χ2v) is 5.40. The van der Waals surface area contributed by atoms with Crippen molar-refractivity contribution in [2.75, 3.05) is 20.2 Å². The molecule has 0 bridgehead atoms. The van der Waals surface area contributed by atoms with Crippen LogP contribution in [0.5, 0.6) is 5.75 Å². The van der Waals surface area contributed by atoms with Gasteiger partial charge in [0.1, 0.15) is 5.75 Å². The Balaban J connectivity index is 2.31. The maximum Gasteiger partial charge on any atom is 0.310 e. The smallest absolute Gasteiger partial charge is 0.310 e. The third-order valence-electron chi connectivity index (χ3n) is 3.79. The minimum atomic E-state index is -0.740. The summed E-state index contributed by atoms with van der Waals surface area (Å²) in [6.45, 7) is 1.46. The van der Waals surface area contributed by atoms with Crippen molar-refractivity contribution in [2.45, 2.75) is 19.3 Å². The highest BCUT2D eigenvalue weighted by Gasteiger charge is 2.40. The third-order valence-corrected chi connectivity index (χ3v) is 4.02. The fourth-order valence-corrected chi connectivity index (χ4v) is 2.82. The Hall–Kier alpha value is -1.26. The zero-order chi connectivity index (χ0) is 13.9. The Morgan fingerprint density at radius 3 is 2.74 bits per heavy atom. The highest BCUT2D eigenvalue weighted by molar-refractivity contribution is 6.30. The molecule has 0 spiro atoms. The number of carboxylic acids is 1. The normalized spacial score (nSPS) is 18.0. The standard InChI is InChI=1S/C14H18ClNO3/c1-19-12-3-2-11(15)8-10(12)9-14(13(17)18)4-6-16-7-5-14/h2-3,8,16H,4-7,9H2,1H3,(H,17,18). The molecule has 0 unspecified atom stereocenters. The highest BCUT2D eigenvalue weighted by atomic mass is 35.5. The Kier molecular flexibility index (Phi) is 4.32. The zero-order valence-electron chi connectivity index (χ0n) is 10.9. The lowest BCUT2D eigenvalue weighted by atomic mass is 9.74. The average molecular weight is 284 g/mol. The van der Waals surface area contributed by atoms with Crippen LogP contribution in [0.1, 0.15) is 18.4 Å². The van der Waals surface area contributed by atoms with Crippen LogP contribution in [-0.4, -0.2) is 31.3 Å². The number of carbonyl (C=O) groups is 1. The van der Waals surface area contributed by atoms with Crippen LogP contribution in [0.15, 0.2) is 18.2 Å². The topological polar surface area (TPSA) is 58.6 Å². The summed E-state index contributed by atoms with van der Waals surface area (Å²) in [5.74, 6) is -0.0420. The van der Waals surface area contributed by atoms with E-state index in [1.807, 2.05) is 0 Å². The molecule has 0 radical (unpaired) electrons. The number of rotatable bonds is 4. The summed E-state index contributed by atoms with van der Waals surface area (Å²) in [6.07, 6.45) is 1.70. The van der Waals surface area contributed by atoms with Crippen molar-refractivity contribution in [3.63, 3.8) is 0 Å². The molecule has 0 atom stereocenters. The maximum atomic E-state index is 11.7. The van der Waals surface area contributed by atoms with Gasteiger partial charge in [-0.25, -0.2) is 0 Å². The van der Waals surface area contributed by atoms with Crippen molar-refractivity contribution in [3.8, 4) is 5.75 Å². The Labute approximate surface area is 117 Å². The van der Waals surface area contributed by atoms with E-state index in [0.717, 1.165) is 18.7 Å². The van der Waals surface area contributed by atoms with Gasteiger partial charge >= 0.3 is 5.97 Å². The van der Waals surface area contributed by atoms with E-state index < -0.39 is 11.4 Å². The van der Waals surface area contributed by atoms with Crippen LogP contribution in [0.3, 0.4) is 0 Å². The first-order valence-corrected chi connectivity index (χ1v) is 6.72. The molecular weight excluding hydrogens is 266 g/mol. The molecule has 1 heterocycles. The number of methoxy groups -OCH3 is 1. The van der Waals surface area contributed by atoms with Crippen LogP contribution in [0.4, 0.5) is 0 Å². The van der Waals surface area contributed by atoms with Gasteiger partial charge in [0.05, 0.1) is 12.5 Å². The summed E-state index contributed by atoms with van der Waals surface area (Å²) in [4.78, 5) is 11.7. The Morgan fingerprint density at radius 1 is 1.47 bits per heavy atom. The monoisotopic (exact) mass is 283 g/mol. The first-order valence-electron chi connectivity index (χ1n) is 6.34. The second-order valence-electron chi connectivity index (χ2n) is 4.97. The van der Waals surface area contributed by atoms with E-state index in [0.29, 0.717) is 30.0 Å². The number of ether oxygens (including phenoxy) is 1. The molecule has 1 aliphatic heterocycles. The van der Waals surface area contributed by atoms with Gasteiger partial charge in [-0.3, -0.25) is 4.79 Å². The SMILES string of the molecule is COc1ccc(Cl)cc1CC1(C(=O)O)CCNCC1. The van der Waals surface area contributed by atoms with E-state index in [9.17, 15) is 9.90 Å². The second kappa shape index (κ2) is 5.80. The first-order chi connectivity index (χ1) is 9.07. The predicted octanol–water partition coefficient (Wildman–Crippen LogP) is 2.35. The molecule has 1 saturated heterocycles. The van der Waals surface area contributed by atoms with Gasteiger partial charge in [-0.05, 0) is 56.1 Å². The van der Waals surface area contributed by atoms with Crippen molar-refractivity contribution >= 4 is 17.6 Å². The molecule has 5 heteroatoms. The van der Waals surface area contributed by atoms with Crippen molar-refractivity contribution in [1.82, 2.24) is 5.32 Å². The summed E-state index contributed by atoms with van der Waals surface area (Å²) in [5.41, 5.74) is 0.141. The summed E-state index contributed by atoms with van der Waals surface area (Å²) in [7, 11) is 1.59. The van der Waals surface area contributed by atoms with Gasteiger partial charge in [-0.15, -0.1) is 0 Å². The number of carboxylic acid groups (broad SMARTS) is 1. The largest absolute Gasteiger partial charge is 0.496 e. The number of nitrogens with one attached hydrogen (secondary N) is 1. The number of halogens is 1. The van der Waals surface area contributed by atoms with E-state index >= 15 is 0 Å². The molecule has 0 aliphatic carbocycles. The zero-order valence-corrected chi connectivity index (χ0v) is 11.7. The fraction of sp³-hybridized carbons (Fsp3) is 0.500. The van der Waals surface area contributed by atoms with Crippen molar-refractivity contribution < 1.29 is 14.6 Å². The molecular formula is C14H18ClNO3. The number of hydrogen-bond donors (Lipinski definition) is 2. The summed E-state index contributed by atoms with van der Waals surface area (Å²) < 4.78 is 5.30. The molecule has 19 heavy (non-hydrogen) atoms. The van der Waals surface area contributed by atoms with Gasteiger partial charge in [0.15, 0.2) is 0 Å². The lowest BCUT2D eigenvalue weighted by Crippen LogP contribution is -2.43. The van der Waals surface area contributed by atoms with Gasteiger partial charge in [-0.1, -0.05) is 11.6 Å². The van der Waals surface area contributed by atoms with Crippen LogP contribution in [0, 0.1) is 5.41 Å². The van der Waals surface area contributed by atoms with Gasteiger partial charge in [0.25, 0.3) is 0 Å². The van der Waals surface area contributed by atoms with Crippen LogP contribution >= 0.6 is 11.6 Å². The molecule has 1 aromatic rings. The van der Waals surface area contributed by atoms with Gasteiger partial charge < -0.3 is 15.2 Å². The molecule has 4 nitrogen and oxygen atoms in total. The molecule has 104 valence electrons. The van der Waals surface area contributed by atoms with Gasteiger partial charge in [0, 0.05) is 5.02 Å². The van der Waals surface area contributed by atoms with E-state index in [1.54, 1.807) is 25.3 Å². The Morgan fingerprint density at radius 2 is 2.16 bits per heavy atom. The quantitative estimate of drug-likeness (QED) is 0.890. The van der Waals surface area contributed by atoms with Crippen LogP contribution in [0.25, 0.3) is 0 Å². The minimum absolute atomic E-state index is 0.452. The van der Waals surface area contributed by atoms with Gasteiger partial charge in [-0.2, -0.15) is 0 Å². The lowest BCUT2D eigenvalue weighted by molar-refractivity contribution is -0.150. The summed E-state index contributed by atoms with van der Waals surface area (Å²) in [6, 6.07) is 5.33. The molecule has 1 aliphatic rings. The van der Waals surface area contributed by atoms with E-state index in [1.165, 1.54) is 0 Å². The van der Waals surface area contributed by atoms with Crippen LogP contribution < -0.4 is 10.1 Å². The molecule has 2 rings (SSSR count). The number of benzene rings is 1. The van der Waals surface area contributed by atoms with Crippen molar-refractivity contribution in [2.24, 2.45) is 5.41 Å². The summed E-state index contributed by atoms with van der Waals surface area (Å²) in [5, 5.41) is 13.4. The van der Waals surface area contributed by atoms with E-state index in [-0.39, 0.29) is 0 Å². The van der Waals surface area contributed by atoms with Crippen LogP contribution in [-0.2, 0) is 11.2 Å². The van der Waals surface area contributed by atoms with E-state index in [4.69, 9.17) is 16.3 Å². The minimum Gasteiger partial charge on any atom is -0.496 e. The predicted molar refractivity (Wildman–Crippen MR) is 73.9 cm³/mol. The third kappa shape index (κ3) is 3.01. The Bertz CT molecular complexity index is 470.